The van der Waals surface area contributed by atoms with Crippen molar-refractivity contribution in [2.24, 2.45) is 5.73 Å². The molecule has 3 aromatic heterocycles. The van der Waals surface area contributed by atoms with Gasteiger partial charge < -0.3 is 11.1 Å². The van der Waals surface area contributed by atoms with Crippen LogP contribution in [0.25, 0.3) is 11.3 Å². The van der Waals surface area contributed by atoms with E-state index in [1.165, 1.54) is 12.1 Å². The van der Waals surface area contributed by atoms with Crippen molar-refractivity contribution in [3.63, 3.8) is 0 Å². The third-order valence-electron chi connectivity index (χ3n) is 5.45. The first-order valence-electron chi connectivity index (χ1n) is 10.8. The van der Waals surface area contributed by atoms with E-state index in [2.05, 4.69) is 20.3 Å². The topological polar surface area (TPSA) is 93.8 Å². The number of anilines is 1. The molecule has 1 unspecified atom stereocenters. The van der Waals surface area contributed by atoms with Crippen LogP contribution in [-0.2, 0) is 17.4 Å². The molecule has 0 saturated carbocycles. The van der Waals surface area contributed by atoms with Gasteiger partial charge in [0.1, 0.15) is 5.82 Å². The molecule has 178 valence electrons. The molecule has 3 N–H and O–H groups in total. The molecular weight excluding hydrogens is 455 g/mol. The van der Waals surface area contributed by atoms with Crippen molar-refractivity contribution in [3.8, 4) is 11.3 Å². The van der Waals surface area contributed by atoms with E-state index in [1.807, 2.05) is 18.2 Å². The smallest absolute Gasteiger partial charge is 0.369 e. The highest BCUT2D eigenvalue weighted by molar-refractivity contribution is 5.87. The Hall–Kier alpha value is -4.27. The number of hydrogen-bond donors (Lipinski definition) is 2. The van der Waals surface area contributed by atoms with Crippen molar-refractivity contribution in [2.75, 3.05) is 11.9 Å². The van der Waals surface area contributed by atoms with Gasteiger partial charge in [0.2, 0.25) is 5.91 Å². The van der Waals surface area contributed by atoms with Crippen LogP contribution < -0.4 is 11.1 Å². The zero-order chi connectivity index (χ0) is 24.8. The van der Waals surface area contributed by atoms with Crippen molar-refractivity contribution >= 4 is 11.7 Å². The summed E-state index contributed by atoms with van der Waals surface area (Å²) in [6.07, 6.45) is 1.04. The van der Waals surface area contributed by atoms with E-state index < -0.39 is 23.6 Å². The number of hydrogen-bond acceptors (Lipinski definition) is 5. The Balaban J connectivity index is 1.70. The van der Waals surface area contributed by atoms with Gasteiger partial charge in [-0.05, 0) is 42.0 Å². The second-order valence-electron chi connectivity index (χ2n) is 7.83. The van der Waals surface area contributed by atoms with Gasteiger partial charge in [0.15, 0.2) is 0 Å². The second kappa shape index (κ2) is 10.3. The number of rotatable bonds is 8. The zero-order valence-electron chi connectivity index (χ0n) is 18.5. The third kappa shape index (κ3) is 5.81. The van der Waals surface area contributed by atoms with Crippen LogP contribution in [0, 0.1) is 0 Å². The Morgan fingerprint density at radius 2 is 1.77 bits per heavy atom. The number of carbonyl (C=O) groups is 1. The van der Waals surface area contributed by atoms with Crippen molar-refractivity contribution < 1.29 is 18.0 Å². The highest BCUT2D eigenvalue weighted by atomic mass is 19.4. The molecule has 35 heavy (non-hydrogen) atoms. The largest absolute Gasteiger partial charge is 0.416 e. The summed E-state index contributed by atoms with van der Waals surface area (Å²) in [6, 6.07) is 17.2. The first-order chi connectivity index (χ1) is 16.8. The molecule has 4 rings (SSSR count). The van der Waals surface area contributed by atoms with Gasteiger partial charge in [0, 0.05) is 48.4 Å². The summed E-state index contributed by atoms with van der Waals surface area (Å²) in [7, 11) is 0. The molecule has 1 amide bonds. The Labute approximate surface area is 200 Å². The average Bonchev–Trinajstić information content (AvgIpc) is 2.86. The van der Waals surface area contributed by atoms with Crippen molar-refractivity contribution in [2.45, 2.75) is 18.5 Å². The van der Waals surface area contributed by atoms with Crippen LogP contribution in [0.3, 0.4) is 0 Å². The molecule has 0 spiro atoms. The van der Waals surface area contributed by atoms with E-state index in [-0.39, 0.29) is 0 Å². The highest BCUT2D eigenvalue weighted by Crippen LogP contribution is 2.33. The number of nitrogens with two attached hydrogens (primary N) is 1. The van der Waals surface area contributed by atoms with Gasteiger partial charge >= 0.3 is 6.18 Å². The van der Waals surface area contributed by atoms with Crippen molar-refractivity contribution in [3.05, 3.63) is 108 Å². The second-order valence-corrected chi connectivity index (χ2v) is 7.83. The molecule has 0 aliphatic heterocycles. The number of nitrogens with zero attached hydrogens (tertiary/aromatic N) is 3. The van der Waals surface area contributed by atoms with Crippen LogP contribution in [0.5, 0.6) is 0 Å². The van der Waals surface area contributed by atoms with E-state index in [4.69, 9.17) is 5.73 Å². The van der Waals surface area contributed by atoms with Gasteiger partial charge in [-0.25, -0.2) is 4.98 Å². The third-order valence-corrected chi connectivity index (χ3v) is 5.45. The summed E-state index contributed by atoms with van der Waals surface area (Å²) in [4.78, 5) is 25.5. The molecule has 0 radical (unpaired) electrons. The first kappa shape index (κ1) is 23.9. The molecule has 1 aromatic carbocycles. The SMILES string of the molecule is NC(=O)C(c1cccnc1)c1ccc(-c2ccc(C(F)(F)F)cc2)nc1NCCc1ccccn1. The summed E-state index contributed by atoms with van der Waals surface area (Å²) in [6.45, 7) is 0.464. The Morgan fingerprint density at radius 3 is 2.40 bits per heavy atom. The molecule has 0 fully saturated rings. The van der Waals surface area contributed by atoms with Gasteiger partial charge in [-0.15, -0.1) is 0 Å². The van der Waals surface area contributed by atoms with Crippen molar-refractivity contribution in [1.82, 2.24) is 15.0 Å². The molecule has 0 bridgehead atoms. The molecule has 3 heterocycles. The number of nitrogens with one attached hydrogen (secondary N) is 1. The normalized spacial score (nSPS) is 12.2. The van der Waals surface area contributed by atoms with Crippen molar-refractivity contribution in [1.29, 1.82) is 0 Å². The molecule has 9 heteroatoms. The maximum Gasteiger partial charge on any atom is 0.416 e. The van der Waals surface area contributed by atoms with Gasteiger partial charge in [0.25, 0.3) is 0 Å². The van der Waals surface area contributed by atoms with Gasteiger partial charge in [-0.3, -0.25) is 14.8 Å². The molecule has 0 aliphatic rings. The number of pyridine rings is 3. The summed E-state index contributed by atoms with van der Waals surface area (Å²) in [5, 5.41) is 3.25. The maximum absolute atomic E-state index is 13.0. The minimum absolute atomic E-state index is 0.408. The lowest BCUT2D eigenvalue weighted by molar-refractivity contribution is -0.137. The molecule has 1 atom stereocenters. The Kier molecular flexibility index (Phi) is 7.05. The number of benzene rings is 1. The standard InChI is InChI=1S/C26H22F3N5O/c27-26(28,29)19-8-6-17(7-9-19)22-11-10-21(23(24(30)35)18-4-3-13-31-16-18)25(34-22)33-15-12-20-5-1-2-14-32-20/h1-11,13-14,16,23H,12,15H2,(H2,30,35)(H,33,34). The van der Waals surface area contributed by atoms with E-state index >= 15 is 0 Å². The Morgan fingerprint density at radius 1 is 0.971 bits per heavy atom. The number of carbonyl (C=O) groups excluding carboxylic acids is 1. The Bertz CT molecular complexity index is 1280. The van der Waals surface area contributed by atoms with Gasteiger partial charge in [-0.2, -0.15) is 13.2 Å². The minimum atomic E-state index is -4.42. The zero-order valence-corrected chi connectivity index (χ0v) is 18.5. The van der Waals surface area contributed by atoms with Crippen LogP contribution in [0.1, 0.15) is 28.3 Å². The van der Waals surface area contributed by atoms with E-state index in [1.54, 1.807) is 42.9 Å². The predicted molar refractivity (Wildman–Crippen MR) is 126 cm³/mol. The minimum Gasteiger partial charge on any atom is -0.369 e. The maximum atomic E-state index is 13.0. The average molecular weight is 477 g/mol. The predicted octanol–water partition coefficient (Wildman–Crippen LogP) is 4.83. The van der Waals surface area contributed by atoms with Gasteiger partial charge in [0.05, 0.1) is 17.2 Å². The fourth-order valence-electron chi connectivity index (χ4n) is 3.73. The van der Waals surface area contributed by atoms with Crippen LogP contribution in [0.2, 0.25) is 0 Å². The van der Waals surface area contributed by atoms with Gasteiger partial charge in [-0.1, -0.05) is 30.3 Å². The molecular formula is C26H22F3N5O. The summed E-state index contributed by atoms with van der Waals surface area (Å²) in [5.74, 6) is -0.976. The fraction of sp³-hybridized carbons (Fsp3) is 0.154. The summed E-state index contributed by atoms with van der Waals surface area (Å²) >= 11 is 0. The van der Waals surface area contributed by atoms with E-state index in [0.717, 1.165) is 17.8 Å². The highest BCUT2D eigenvalue weighted by Gasteiger charge is 2.30. The van der Waals surface area contributed by atoms with E-state index in [9.17, 15) is 18.0 Å². The number of amides is 1. The lowest BCUT2D eigenvalue weighted by Gasteiger charge is -2.19. The molecule has 0 saturated heterocycles. The lowest BCUT2D eigenvalue weighted by Crippen LogP contribution is -2.24. The number of alkyl halides is 3. The molecule has 6 nitrogen and oxygen atoms in total. The summed E-state index contributed by atoms with van der Waals surface area (Å²) < 4.78 is 38.9. The monoisotopic (exact) mass is 477 g/mol. The van der Waals surface area contributed by atoms with Crippen LogP contribution in [0.15, 0.2) is 85.3 Å². The number of halogens is 3. The summed E-state index contributed by atoms with van der Waals surface area (Å²) in [5.41, 5.74) is 8.01. The van der Waals surface area contributed by atoms with Crippen LogP contribution in [0.4, 0.5) is 19.0 Å². The quantitative estimate of drug-likeness (QED) is 0.379. The first-order valence-corrected chi connectivity index (χ1v) is 10.8. The van der Waals surface area contributed by atoms with Crippen LogP contribution in [-0.4, -0.2) is 27.4 Å². The molecule has 4 aromatic rings. The van der Waals surface area contributed by atoms with Crippen LogP contribution >= 0.6 is 0 Å². The fourth-order valence-corrected chi connectivity index (χ4v) is 3.73. The van der Waals surface area contributed by atoms with E-state index in [0.29, 0.717) is 41.2 Å². The number of aromatic nitrogens is 3. The molecule has 0 aliphatic carbocycles. The lowest BCUT2D eigenvalue weighted by atomic mass is 9.91. The number of primary amides is 1.